The van der Waals surface area contributed by atoms with Crippen LogP contribution in [0, 0.1) is 0 Å². The van der Waals surface area contributed by atoms with Gasteiger partial charge in [-0.2, -0.15) is 0 Å². The van der Waals surface area contributed by atoms with E-state index in [1.165, 1.54) is 5.56 Å². The first-order valence-electron chi connectivity index (χ1n) is 8.17. The Balaban J connectivity index is 1.75. The molecule has 0 radical (unpaired) electrons. The highest BCUT2D eigenvalue weighted by molar-refractivity contribution is 5.68. The van der Waals surface area contributed by atoms with Crippen molar-refractivity contribution in [2.24, 2.45) is 0 Å². The Kier molecular flexibility index (Phi) is 6.51. The molecule has 1 aromatic carbocycles. The lowest BCUT2D eigenvalue weighted by atomic mass is 10.2. The molecule has 1 heterocycles. The van der Waals surface area contributed by atoms with Gasteiger partial charge >= 0.3 is 6.09 Å². The number of rotatable bonds is 6. The van der Waals surface area contributed by atoms with E-state index in [1.807, 2.05) is 51.1 Å². The zero-order valence-corrected chi connectivity index (χ0v) is 14.8. The summed E-state index contributed by atoms with van der Waals surface area (Å²) in [6.07, 6.45) is 3.15. The van der Waals surface area contributed by atoms with E-state index in [2.05, 4.69) is 33.0 Å². The first kappa shape index (κ1) is 18.4. The number of carbonyl (C=O) groups is 1. The fraction of sp³-hybridized carbons (Fsp3) is 0.316. The highest BCUT2D eigenvalue weighted by Crippen LogP contribution is 2.07. The van der Waals surface area contributed by atoms with Crippen molar-refractivity contribution in [1.82, 2.24) is 15.5 Å². The standard InChI is InChI=1S/C19H24N4O2/c1-19(2,3)25-18(24)20-13-7-10-16-11-12-17(23-22-16)21-14-15-8-5-4-6-9-15/h4-12H,13-14H2,1-3H3,(H,20,24)(H,21,23)/b10-7+. The summed E-state index contributed by atoms with van der Waals surface area (Å²) >= 11 is 0. The fourth-order valence-corrected chi connectivity index (χ4v) is 1.95. The van der Waals surface area contributed by atoms with Crippen molar-refractivity contribution in [3.8, 4) is 0 Å². The Morgan fingerprint density at radius 2 is 1.88 bits per heavy atom. The van der Waals surface area contributed by atoms with Crippen molar-refractivity contribution in [1.29, 1.82) is 0 Å². The van der Waals surface area contributed by atoms with Gasteiger partial charge in [-0.15, -0.1) is 10.2 Å². The van der Waals surface area contributed by atoms with Gasteiger partial charge in [0.05, 0.1) is 5.69 Å². The molecular weight excluding hydrogens is 316 g/mol. The fourth-order valence-electron chi connectivity index (χ4n) is 1.95. The second-order valence-electron chi connectivity index (χ2n) is 6.47. The van der Waals surface area contributed by atoms with Crippen molar-refractivity contribution >= 4 is 18.0 Å². The Morgan fingerprint density at radius 1 is 1.12 bits per heavy atom. The molecule has 0 bridgehead atoms. The van der Waals surface area contributed by atoms with E-state index in [0.717, 1.165) is 5.69 Å². The van der Waals surface area contributed by atoms with E-state index < -0.39 is 11.7 Å². The number of nitrogens with zero attached hydrogens (tertiary/aromatic N) is 2. The Morgan fingerprint density at radius 3 is 2.52 bits per heavy atom. The molecule has 2 aromatic rings. The zero-order valence-electron chi connectivity index (χ0n) is 14.8. The Hall–Kier alpha value is -2.89. The number of anilines is 1. The third kappa shape index (κ3) is 7.48. The predicted octanol–water partition coefficient (Wildman–Crippen LogP) is 3.63. The van der Waals surface area contributed by atoms with Gasteiger partial charge in [0.25, 0.3) is 0 Å². The van der Waals surface area contributed by atoms with Crippen LogP contribution in [0.4, 0.5) is 10.6 Å². The van der Waals surface area contributed by atoms with Crippen molar-refractivity contribution < 1.29 is 9.53 Å². The molecule has 0 spiro atoms. The number of ether oxygens (including phenoxy) is 1. The molecule has 0 saturated carbocycles. The average molecular weight is 340 g/mol. The Bertz CT molecular complexity index is 692. The minimum atomic E-state index is -0.498. The summed E-state index contributed by atoms with van der Waals surface area (Å²) in [5, 5.41) is 14.1. The van der Waals surface area contributed by atoms with Crippen LogP contribution in [0.15, 0.2) is 48.5 Å². The van der Waals surface area contributed by atoms with Gasteiger partial charge < -0.3 is 15.4 Å². The molecule has 1 aromatic heterocycles. The minimum Gasteiger partial charge on any atom is -0.444 e. The minimum absolute atomic E-state index is 0.366. The van der Waals surface area contributed by atoms with Gasteiger partial charge in [-0.1, -0.05) is 36.4 Å². The number of carbonyl (C=O) groups excluding carboxylic acids is 1. The SMILES string of the molecule is CC(C)(C)OC(=O)NC/C=C/c1ccc(NCc2ccccc2)nn1. The van der Waals surface area contributed by atoms with Crippen molar-refractivity contribution in [2.45, 2.75) is 32.9 Å². The lowest BCUT2D eigenvalue weighted by Gasteiger charge is -2.19. The van der Waals surface area contributed by atoms with Gasteiger partial charge in [0.15, 0.2) is 0 Å². The number of hydrogen-bond acceptors (Lipinski definition) is 5. The van der Waals surface area contributed by atoms with Crippen LogP contribution in [0.25, 0.3) is 6.08 Å². The topological polar surface area (TPSA) is 76.1 Å². The highest BCUT2D eigenvalue weighted by Gasteiger charge is 2.14. The molecule has 1 amide bonds. The quantitative estimate of drug-likeness (QED) is 0.840. The molecular formula is C19H24N4O2. The molecule has 0 atom stereocenters. The molecule has 0 aliphatic heterocycles. The van der Waals surface area contributed by atoms with Gasteiger partial charge in [-0.05, 0) is 44.5 Å². The van der Waals surface area contributed by atoms with Gasteiger partial charge in [0.2, 0.25) is 0 Å². The molecule has 2 rings (SSSR count). The van der Waals surface area contributed by atoms with Crippen molar-refractivity contribution in [3.63, 3.8) is 0 Å². The number of hydrogen-bond donors (Lipinski definition) is 2. The highest BCUT2D eigenvalue weighted by atomic mass is 16.6. The summed E-state index contributed by atoms with van der Waals surface area (Å²) in [5.41, 5.74) is 1.40. The monoisotopic (exact) mass is 340 g/mol. The van der Waals surface area contributed by atoms with Crippen LogP contribution in [-0.2, 0) is 11.3 Å². The molecule has 0 aliphatic rings. The third-order valence-electron chi connectivity index (χ3n) is 3.05. The van der Waals surface area contributed by atoms with Crippen molar-refractivity contribution in [3.05, 3.63) is 59.8 Å². The van der Waals surface area contributed by atoms with Gasteiger partial charge in [0.1, 0.15) is 11.4 Å². The predicted molar refractivity (Wildman–Crippen MR) is 99.1 cm³/mol. The Labute approximate surface area is 148 Å². The second-order valence-corrected chi connectivity index (χ2v) is 6.47. The second kappa shape index (κ2) is 8.82. The average Bonchev–Trinajstić information content (AvgIpc) is 2.57. The van der Waals surface area contributed by atoms with Gasteiger partial charge in [-0.3, -0.25) is 0 Å². The van der Waals surface area contributed by atoms with E-state index in [9.17, 15) is 4.79 Å². The molecule has 6 nitrogen and oxygen atoms in total. The molecule has 2 N–H and O–H groups in total. The smallest absolute Gasteiger partial charge is 0.407 e. The van der Waals surface area contributed by atoms with Crippen LogP contribution >= 0.6 is 0 Å². The maximum Gasteiger partial charge on any atom is 0.407 e. The first-order valence-corrected chi connectivity index (χ1v) is 8.17. The summed E-state index contributed by atoms with van der Waals surface area (Å²) in [4.78, 5) is 11.5. The maximum atomic E-state index is 11.5. The van der Waals surface area contributed by atoms with Crippen LogP contribution in [-0.4, -0.2) is 28.4 Å². The number of benzene rings is 1. The maximum absolute atomic E-state index is 11.5. The van der Waals surface area contributed by atoms with E-state index in [-0.39, 0.29) is 0 Å². The van der Waals surface area contributed by atoms with Crippen LogP contribution in [0.2, 0.25) is 0 Å². The number of amides is 1. The lowest BCUT2D eigenvalue weighted by Crippen LogP contribution is -2.32. The summed E-state index contributed by atoms with van der Waals surface area (Å²) in [5.74, 6) is 0.716. The van der Waals surface area contributed by atoms with Crippen LogP contribution in [0.5, 0.6) is 0 Å². The summed E-state index contributed by atoms with van der Waals surface area (Å²) in [6, 6.07) is 13.8. The lowest BCUT2D eigenvalue weighted by molar-refractivity contribution is 0.0534. The van der Waals surface area contributed by atoms with Gasteiger partial charge in [0, 0.05) is 13.1 Å². The molecule has 25 heavy (non-hydrogen) atoms. The molecule has 132 valence electrons. The van der Waals surface area contributed by atoms with E-state index >= 15 is 0 Å². The summed E-state index contributed by atoms with van der Waals surface area (Å²) < 4.78 is 5.15. The summed E-state index contributed by atoms with van der Waals surface area (Å²) in [6.45, 7) is 6.54. The van der Waals surface area contributed by atoms with Crippen LogP contribution in [0.3, 0.4) is 0 Å². The normalized spacial score (nSPS) is 11.3. The van der Waals surface area contributed by atoms with Crippen LogP contribution in [0.1, 0.15) is 32.0 Å². The molecule has 0 saturated heterocycles. The first-order chi connectivity index (χ1) is 11.9. The van der Waals surface area contributed by atoms with Crippen LogP contribution < -0.4 is 10.6 Å². The third-order valence-corrected chi connectivity index (χ3v) is 3.05. The van der Waals surface area contributed by atoms with Crippen molar-refractivity contribution in [2.75, 3.05) is 11.9 Å². The van der Waals surface area contributed by atoms with E-state index in [4.69, 9.17) is 4.74 Å². The number of aromatic nitrogens is 2. The molecule has 0 fully saturated rings. The van der Waals surface area contributed by atoms with E-state index in [1.54, 1.807) is 12.2 Å². The molecule has 0 unspecified atom stereocenters. The number of alkyl carbamates (subject to hydrolysis) is 1. The largest absolute Gasteiger partial charge is 0.444 e. The molecule has 6 heteroatoms. The molecule has 0 aliphatic carbocycles. The number of nitrogens with one attached hydrogen (secondary N) is 2. The van der Waals surface area contributed by atoms with Gasteiger partial charge in [-0.25, -0.2) is 4.79 Å². The zero-order chi connectivity index (χ0) is 18.1. The summed E-state index contributed by atoms with van der Waals surface area (Å²) in [7, 11) is 0. The van der Waals surface area contributed by atoms with E-state index in [0.29, 0.717) is 18.9 Å².